The Kier molecular flexibility index (Phi) is 3.28. The number of esters is 1. The highest BCUT2D eigenvalue weighted by atomic mass is 16.5. The van der Waals surface area contributed by atoms with Crippen LogP contribution in [0.2, 0.25) is 0 Å². The fraction of sp³-hybridized carbons (Fsp3) is 0.143. The summed E-state index contributed by atoms with van der Waals surface area (Å²) in [6.07, 6.45) is 1.65. The van der Waals surface area contributed by atoms with Crippen LogP contribution in [0, 0.1) is 6.92 Å². The van der Waals surface area contributed by atoms with Gasteiger partial charge in [0, 0.05) is 23.6 Å². The summed E-state index contributed by atoms with van der Waals surface area (Å²) in [5.74, 6) is -0.609. The zero-order valence-electron chi connectivity index (χ0n) is 10.2. The maximum absolute atomic E-state index is 11.7. The molecule has 18 heavy (non-hydrogen) atoms. The van der Waals surface area contributed by atoms with Gasteiger partial charge in [0.15, 0.2) is 5.43 Å². The summed E-state index contributed by atoms with van der Waals surface area (Å²) < 4.78 is 6.42. The molecule has 92 valence electrons. The van der Waals surface area contributed by atoms with Crippen LogP contribution in [0.5, 0.6) is 0 Å². The Labute approximate surface area is 104 Å². The summed E-state index contributed by atoms with van der Waals surface area (Å²) in [7, 11) is 1.26. The van der Waals surface area contributed by atoms with Gasteiger partial charge in [-0.3, -0.25) is 4.79 Å². The van der Waals surface area contributed by atoms with Gasteiger partial charge in [0.05, 0.1) is 7.11 Å². The van der Waals surface area contributed by atoms with E-state index in [1.165, 1.54) is 13.2 Å². The van der Waals surface area contributed by atoms with Gasteiger partial charge >= 0.3 is 5.97 Å². The van der Waals surface area contributed by atoms with Crippen LogP contribution in [-0.4, -0.2) is 17.6 Å². The minimum Gasteiger partial charge on any atom is -0.465 e. The zero-order valence-corrected chi connectivity index (χ0v) is 10.2. The third-order valence-electron chi connectivity index (χ3n) is 2.77. The van der Waals surface area contributed by atoms with Gasteiger partial charge < -0.3 is 9.30 Å². The van der Waals surface area contributed by atoms with Crippen LogP contribution < -0.4 is 5.43 Å². The number of aromatic nitrogens is 1. The molecular weight excluding hydrogens is 230 g/mol. The highest BCUT2D eigenvalue weighted by Gasteiger charge is 2.16. The van der Waals surface area contributed by atoms with E-state index in [0.29, 0.717) is 5.69 Å². The van der Waals surface area contributed by atoms with Crippen molar-refractivity contribution < 1.29 is 9.53 Å². The van der Waals surface area contributed by atoms with Crippen LogP contribution in [0.4, 0.5) is 0 Å². The number of rotatable bonds is 2. The van der Waals surface area contributed by atoms with Crippen LogP contribution >= 0.6 is 0 Å². The molecule has 0 bridgehead atoms. The minimum absolute atomic E-state index is 0.0730. The van der Waals surface area contributed by atoms with Gasteiger partial charge in [-0.05, 0) is 19.1 Å². The van der Waals surface area contributed by atoms with Crippen LogP contribution in [0.15, 0.2) is 47.4 Å². The summed E-state index contributed by atoms with van der Waals surface area (Å²) in [6.45, 7) is 1.72. The first-order valence-electron chi connectivity index (χ1n) is 5.51. The Bertz CT molecular complexity index is 629. The molecule has 0 atom stereocenters. The first-order chi connectivity index (χ1) is 8.65. The standard InChI is InChI=1S/C14H13NO3/c1-10-13(14(17)18-2)12(16)8-9-15(10)11-6-4-3-5-7-11/h3-9H,1-2H3. The molecule has 1 aromatic heterocycles. The lowest BCUT2D eigenvalue weighted by atomic mass is 10.1. The van der Waals surface area contributed by atoms with E-state index in [-0.39, 0.29) is 11.0 Å². The van der Waals surface area contributed by atoms with Crippen molar-refractivity contribution in [3.63, 3.8) is 0 Å². The molecule has 2 aromatic rings. The zero-order chi connectivity index (χ0) is 13.1. The molecular formula is C14H13NO3. The predicted molar refractivity (Wildman–Crippen MR) is 68.1 cm³/mol. The van der Waals surface area contributed by atoms with Gasteiger partial charge in [0.25, 0.3) is 0 Å². The number of methoxy groups -OCH3 is 1. The van der Waals surface area contributed by atoms with Crippen LogP contribution in [0.3, 0.4) is 0 Å². The number of hydrogen-bond acceptors (Lipinski definition) is 3. The van der Waals surface area contributed by atoms with Crippen molar-refractivity contribution in [3.8, 4) is 5.69 Å². The lowest BCUT2D eigenvalue weighted by Crippen LogP contribution is -2.21. The van der Waals surface area contributed by atoms with Gasteiger partial charge in [-0.1, -0.05) is 18.2 Å². The molecule has 0 unspecified atom stereocenters. The Morgan fingerprint density at radius 1 is 1.17 bits per heavy atom. The molecule has 0 aliphatic carbocycles. The van der Waals surface area contributed by atoms with Crippen molar-refractivity contribution in [2.45, 2.75) is 6.92 Å². The summed E-state index contributed by atoms with van der Waals surface area (Å²) in [5.41, 5.74) is 1.20. The second kappa shape index (κ2) is 4.87. The summed E-state index contributed by atoms with van der Waals surface area (Å²) in [6, 6.07) is 10.9. The molecule has 0 fully saturated rings. The third-order valence-corrected chi connectivity index (χ3v) is 2.77. The molecule has 0 radical (unpaired) electrons. The minimum atomic E-state index is -0.609. The fourth-order valence-corrected chi connectivity index (χ4v) is 1.85. The van der Waals surface area contributed by atoms with E-state index in [9.17, 15) is 9.59 Å². The van der Waals surface area contributed by atoms with Gasteiger partial charge in [-0.15, -0.1) is 0 Å². The number of para-hydroxylation sites is 1. The quantitative estimate of drug-likeness (QED) is 0.757. The van der Waals surface area contributed by atoms with Crippen LogP contribution in [0.25, 0.3) is 5.69 Å². The Morgan fingerprint density at radius 3 is 2.44 bits per heavy atom. The van der Waals surface area contributed by atoms with Crippen LogP contribution in [-0.2, 0) is 4.74 Å². The molecule has 0 aliphatic rings. The molecule has 4 heteroatoms. The van der Waals surface area contributed by atoms with E-state index in [4.69, 9.17) is 0 Å². The Hall–Kier alpha value is -2.36. The van der Waals surface area contributed by atoms with Gasteiger partial charge in [0.1, 0.15) is 5.56 Å². The lowest BCUT2D eigenvalue weighted by molar-refractivity contribution is 0.0597. The molecule has 0 aliphatic heterocycles. The van der Waals surface area contributed by atoms with Crippen molar-refractivity contribution in [2.24, 2.45) is 0 Å². The van der Waals surface area contributed by atoms with Gasteiger partial charge in [-0.2, -0.15) is 0 Å². The average molecular weight is 243 g/mol. The Morgan fingerprint density at radius 2 is 1.83 bits per heavy atom. The van der Waals surface area contributed by atoms with Crippen molar-refractivity contribution >= 4 is 5.97 Å². The molecule has 0 saturated carbocycles. The molecule has 0 N–H and O–H groups in total. The number of carbonyl (C=O) groups excluding carboxylic acids is 1. The van der Waals surface area contributed by atoms with E-state index in [1.807, 2.05) is 30.3 Å². The van der Waals surface area contributed by atoms with Gasteiger partial charge in [-0.25, -0.2) is 4.79 Å². The van der Waals surface area contributed by atoms with Crippen molar-refractivity contribution in [2.75, 3.05) is 7.11 Å². The summed E-state index contributed by atoms with van der Waals surface area (Å²) in [5, 5.41) is 0. The van der Waals surface area contributed by atoms with E-state index < -0.39 is 5.97 Å². The lowest BCUT2D eigenvalue weighted by Gasteiger charge is -2.12. The number of benzene rings is 1. The second-order valence-corrected chi connectivity index (χ2v) is 3.84. The third kappa shape index (κ3) is 2.05. The first kappa shape index (κ1) is 12.1. The van der Waals surface area contributed by atoms with E-state index in [2.05, 4.69) is 4.74 Å². The maximum atomic E-state index is 11.7. The maximum Gasteiger partial charge on any atom is 0.343 e. The Balaban J connectivity index is 2.66. The van der Waals surface area contributed by atoms with Crippen molar-refractivity contribution in [3.05, 3.63) is 64.1 Å². The monoisotopic (exact) mass is 243 g/mol. The summed E-state index contributed by atoms with van der Waals surface area (Å²) in [4.78, 5) is 23.3. The molecule has 0 amide bonds. The van der Waals surface area contributed by atoms with Crippen molar-refractivity contribution in [1.82, 2.24) is 4.57 Å². The number of ether oxygens (including phenoxy) is 1. The number of nitrogens with zero attached hydrogens (tertiary/aromatic N) is 1. The molecule has 1 heterocycles. The smallest absolute Gasteiger partial charge is 0.343 e. The number of pyridine rings is 1. The average Bonchev–Trinajstić information content (AvgIpc) is 2.39. The topological polar surface area (TPSA) is 48.3 Å². The normalized spacial score (nSPS) is 10.1. The van der Waals surface area contributed by atoms with E-state index in [1.54, 1.807) is 17.7 Å². The molecule has 0 saturated heterocycles. The van der Waals surface area contributed by atoms with Crippen molar-refractivity contribution in [1.29, 1.82) is 0 Å². The first-order valence-corrected chi connectivity index (χ1v) is 5.51. The van der Waals surface area contributed by atoms with E-state index >= 15 is 0 Å². The number of carbonyl (C=O) groups is 1. The molecule has 1 aromatic carbocycles. The van der Waals surface area contributed by atoms with E-state index in [0.717, 1.165) is 5.69 Å². The molecule has 4 nitrogen and oxygen atoms in total. The highest BCUT2D eigenvalue weighted by Crippen LogP contribution is 2.12. The molecule has 2 rings (SSSR count). The fourth-order valence-electron chi connectivity index (χ4n) is 1.85. The van der Waals surface area contributed by atoms with Crippen LogP contribution in [0.1, 0.15) is 16.1 Å². The van der Waals surface area contributed by atoms with Gasteiger partial charge in [0.2, 0.25) is 0 Å². The number of hydrogen-bond donors (Lipinski definition) is 0. The predicted octanol–water partition coefficient (Wildman–Crippen LogP) is 1.93. The highest BCUT2D eigenvalue weighted by molar-refractivity contribution is 5.90. The SMILES string of the molecule is COC(=O)c1c(C)n(-c2ccccc2)ccc1=O. The summed E-state index contributed by atoms with van der Waals surface area (Å²) >= 11 is 0. The molecule has 0 spiro atoms. The largest absolute Gasteiger partial charge is 0.465 e. The second-order valence-electron chi connectivity index (χ2n) is 3.84.